The molecule has 1 fully saturated rings. The highest BCUT2D eigenvalue weighted by molar-refractivity contribution is 5.78. The molecule has 7 heteroatoms. The minimum absolute atomic E-state index is 0.00504. The average Bonchev–Trinajstić information content (AvgIpc) is 2.47. The molecule has 0 spiro atoms. The van der Waals surface area contributed by atoms with Crippen molar-refractivity contribution in [2.75, 3.05) is 13.1 Å². The van der Waals surface area contributed by atoms with Crippen LogP contribution in [0.3, 0.4) is 0 Å². The largest absolute Gasteiger partial charge is 0.416 e. The van der Waals surface area contributed by atoms with E-state index < -0.39 is 11.7 Å². The molecule has 21 heavy (non-hydrogen) atoms. The van der Waals surface area contributed by atoms with E-state index in [1.165, 1.54) is 17.0 Å². The van der Waals surface area contributed by atoms with Crippen molar-refractivity contribution in [1.82, 2.24) is 14.9 Å². The van der Waals surface area contributed by atoms with Gasteiger partial charge >= 0.3 is 6.18 Å². The molecule has 1 unspecified atom stereocenters. The first-order chi connectivity index (χ1) is 9.97. The monoisotopic (exact) mass is 297 g/mol. The highest BCUT2D eigenvalue weighted by atomic mass is 19.4. The highest BCUT2D eigenvalue weighted by Crippen LogP contribution is 2.30. The van der Waals surface area contributed by atoms with Crippen LogP contribution in [-0.2, 0) is 6.18 Å². The molecule has 2 aromatic rings. The van der Waals surface area contributed by atoms with Crippen molar-refractivity contribution in [3.8, 4) is 0 Å². The first-order valence-electron chi connectivity index (χ1n) is 6.75. The Morgan fingerprint density at radius 1 is 1.33 bits per heavy atom. The molecule has 1 aromatic carbocycles. The third-order valence-corrected chi connectivity index (χ3v) is 3.78. The lowest BCUT2D eigenvalue weighted by Crippen LogP contribution is -2.36. The van der Waals surface area contributed by atoms with Crippen LogP contribution in [0.2, 0.25) is 0 Å². The number of rotatable bonds is 1. The Hall–Kier alpha value is -1.89. The summed E-state index contributed by atoms with van der Waals surface area (Å²) < 4.78 is 39.5. The molecule has 0 bridgehead atoms. The molecular weight excluding hydrogens is 283 g/mol. The summed E-state index contributed by atoms with van der Waals surface area (Å²) in [6.45, 7) is 1.59. The molecule has 1 N–H and O–H groups in total. The van der Waals surface area contributed by atoms with E-state index in [4.69, 9.17) is 0 Å². The van der Waals surface area contributed by atoms with Gasteiger partial charge in [0.1, 0.15) is 0 Å². The van der Waals surface area contributed by atoms with Crippen molar-refractivity contribution in [1.29, 1.82) is 0 Å². The molecule has 3 rings (SSSR count). The molecule has 1 saturated heterocycles. The number of hydrogen-bond donors (Lipinski definition) is 1. The van der Waals surface area contributed by atoms with E-state index in [0.29, 0.717) is 6.54 Å². The predicted molar refractivity (Wildman–Crippen MR) is 72.1 cm³/mol. The zero-order valence-electron chi connectivity index (χ0n) is 11.2. The van der Waals surface area contributed by atoms with Crippen LogP contribution in [-0.4, -0.2) is 22.6 Å². The number of fused-ring (bicyclic) bond motifs is 1. The number of aromatic nitrogens is 2. The summed E-state index contributed by atoms with van der Waals surface area (Å²) in [5.41, 5.74) is -1.00. The summed E-state index contributed by atoms with van der Waals surface area (Å²) in [6, 6.07) is 3.06. The SMILES string of the molecule is O=c1c2ccc(C(F)(F)F)cc2ncn1C1CCCNC1. The second-order valence-corrected chi connectivity index (χ2v) is 5.19. The Morgan fingerprint density at radius 2 is 2.14 bits per heavy atom. The van der Waals surface area contributed by atoms with Crippen LogP contribution in [0.4, 0.5) is 13.2 Å². The van der Waals surface area contributed by atoms with E-state index in [1.807, 2.05) is 0 Å². The second-order valence-electron chi connectivity index (χ2n) is 5.19. The molecule has 2 heterocycles. The lowest BCUT2D eigenvalue weighted by Gasteiger charge is -2.24. The van der Waals surface area contributed by atoms with Gasteiger partial charge in [-0.25, -0.2) is 4.98 Å². The molecule has 0 saturated carbocycles. The fourth-order valence-electron chi connectivity index (χ4n) is 2.64. The minimum Gasteiger partial charge on any atom is -0.315 e. The van der Waals surface area contributed by atoms with Crippen LogP contribution >= 0.6 is 0 Å². The molecule has 0 aliphatic carbocycles. The van der Waals surface area contributed by atoms with Crippen LogP contribution in [0.15, 0.2) is 29.3 Å². The number of alkyl halides is 3. The summed E-state index contributed by atoms with van der Waals surface area (Å²) >= 11 is 0. The average molecular weight is 297 g/mol. The lowest BCUT2D eigenvalue weighted by atomic mass is 10.1. The molecule has 1 atom stereocenters. The quantitative estimate of drug-likeness (QED) is 0.879. The summed E-state index contributed by atoms with van der Waals surface area (Å²) in [6.07, 6.45) is -1.26. The summed E-state index contributed by atoms with van der Waals surface area (Å²) in [7, 11) is 0. The normalized spacial score (nSPS) is 19.9. The number of piperidine rings is 1. The summed E-state index contributed by atoms with van der Waals surface area (Å²) in [5.74, 6) is 0. The van der Waals surface area contributed by atoms with Crippen molar-refractivity contribution < 1.29 is 13.2 Å². The Morgan fingerprint density at radius 3 is 2.81 bits per heavy atom. The Kier molecular flexibility index (Phi) is 3.44. The maximum atomic E-state index is 12.7. The van der Waals surface area contributed by atoms with Crippen LogP contribution in [0.25, 0.3) is 10.9 Å². The van der Waals surface area contributed by atoms with Gasteiger partial charge in [0.2, 0.25) is 0 Å². The fourth-order valence-corrected chi connectivity index (χ4v) is 2.64. The lowest BCUT2D eigenvalue weighted by molar-refractivity contribution is -0.137. The standard InChI is InChI=1S/C14H14F3N3O/c15-14(16,17)9-3-4-11-12(6-9)19-8-20(13(11)21)10-2-1-5-18-7-10/h3-4,6,8,10,18H,1-2,5,7H2. The second kappa shape index (κ2) is 5.14. The van der Waals surface area contributed by atoms with E-state index in [-0.39, 0.29) is 22.5 Å². The van der Waals surface area contributed by atoms with Gasteiger partial charge in [-0.1, -0.05) is 0 Å². The third kappa shape index (κ3) is 2.65. The number of nitrogens with zero attached hydrogens (tertiary/aromatic N) is 2. The van der Waals surface area contributed by atoms with Gasteiger partial charge in [0.25, 0.3) is 5.56 Å². The minimum atomic E-state index is -4.43. The molecule has 0 radical (unpaired) electrons. The molecule has 1 aliphatic heterocycles. The van der Waals surface area contributed by atoms with E-state index in [2.05, 4.69) is 10.3 Å². The Labute approximate surface area is 118 Å². The molecular formula is C14H14F3N3O. The third-order valence-electron chi connectivity index (χ3n) is 3.78. The van der Waals surface area contributed by atoms with Gasteiger partial charge in [0.15, 0.2) is 0 Å². The molecule has 4 nitrogen and oxygen atoms in total. The van der Waals surface area contributed by atoms with Gasteiger partial charge in [-0.05, 0) is 37.6 Å². The maximum Gasteiger partial charge on any atom is 0.416 e. The highest BCUT2D eigenvalue weighted by Gasteiger charge is 2.31. The van der Waals surface area contributed by atoms with Gasteiger partial charge in [-0.3, -0.25) is 9.36 Å². The van der Waals surface area contributed by atoms with Gasteiger partial charge in [0.05, 0.1) is 28.8 Å². The molecule has 1 aromatic heterocycles. The Balaban J connectivity index is 2.07. The van der Waals surface area contributed by atoms with Crippen LogP contribution in [0.5, 0.6) is 0 Å². The fraction of sp³-hybridized carbons (Fsp3) is 0.429. The topological polar surface area (TPSA) is 46.9 Å². The number of halogens is 3. The van der Waals surface area contributed by atoms with Crippen LogP contribution in [0, 0.1) is 0 Å². The van der Waals surface area contributed by atoms with Crippen molar-refractivity contribution >= 4 is 10.9 Å². The Bertz CT molecular complexity index is 717. The van der Waals surface area contributed by atoms with Crippen LogP contribution in [0.1, 0.15) is 24.4 Å². The van der Waals surface area contributed by atoms with Gasteiger partial charge in [-0.15, -0.1) is 0 Å². The van der Waals surface area contributed by atoms with Crippen molar-refractivity contribution in [2.24, 2.45) is 0 Å². The number of benzene rings is 1. The van der Waals surface area contributed by atoms with Gasteiger partial charge < -0.3 is 5.32 Å². The maximum absolute atomic E-state index is 12.7. The van der Waals surface area contributed by atoms with Gasteiger partial charge in [0, 0.05) is 6.54 Å². The van der Waals surface area contributed by atoms with E-state index in [9.17, 15) is 18.0 Å². The smallest absolute Gasteiger partial charge is 0.315 e. The zero-order chi connectivity index (χ0) is 15.0. The molecule has 1 aliphatic rings. The molecule has 112 valence electrons. The number of hydrogen-bond acceptors (Lipinski definition) is 3. The van der Waals surface area contributed by atoms with Gasteiger partial charge in [-0.2, -0.15) is 13.2 Å². The van der Waals surface area contributed by atoms with Crippen molar-refractivity contribution in [2.45, 2.75) is 25.1 Å². The predicted octanol–water partition coefficient (Wildman–Crippen LogP) is 2.34. The van der Waals surface area contributed by atoms with E-state index in [1.54, 1.807) is 0 Å². The van der Waals surface area contributed by atoms with E-state index >= 15 is 0 Å². The number of nitrogens with one attached hydrogen (secondary N) is 1. The summed E-state index contributed by atoms with van der Waals surface area (Å²) in [5, 5.41) is 3.42. The summed E-state index contributed by atoms with van der Waals surface area (Å²) in [4.78, 5) is 16.4. The van der Waals surface area contributed by atoms with Crippen molar-refractivity contribution in [3.63, 3.8) is 0 Å². The first kappa shape index (κ1) is 14.1. The first-order valence-corrected chi connectivity index (χ1v) is 6.75. The van der Waals surface area contributed by atoms with Crippen molar-refractivity contribution in [3.05, 3.63) is 40.4 Å². The zero-order valence-corrected chi connectivity index (χ0v) is 11.2. The van der Waals surface area contributed by atoms with E-state index in [0.717, 1.165) is 31.5 Å². The van der Waals surface area contributed by atoms with Crippen LogP contribution < -0.4 is 10.9 Å². The molecule has 0 amide bonds.